The fourth-order valence-electron chi connectivity index (χ4n) is 2.70. The average molecular weight is 271 g/mol. The first-order valence-corrected chi connectivity index (χ1v) is 7.51. The van der Waals surface area contributed by atoms with Crippen LogP contribution >= 0.6 is 0 Å². The zero-order valence-corrected chi connectivity index (χ0v) is 13.0. The summed E-state index contributed by atoms with van der Waals surface area (Å²) in [5, 5.41) is 7.86. The van der Waals surface area contributed by atoms with Crippen molar-refractivity contribution in [2.75, 3.05) is 7.05 Å². The molecule has 0 saturated carbocycles. The average Bonchev–Trinajstić information content (AvgIpc) is 2.83. The second kappa shape index (κ2) is 6.71. The molecule has 1 N–H and O–H groups in total. The molecule has 0 fully saturated rings. The van der Waals surface area contributed by atoms with Gasteiger partial charge in [-0.2, -0.15) is 5.10 Å². The summed E-state index contributed by atoms with van der Waals surface area (Å²) in [5.74, 6) is 0. The lowest BCUT2D eigenvalue weighted by Gasteiger charge is -2.15. The van der Waals surface area contributed by atoms with Gasteiger partial charge in [-0.15, -0.1) is 0 Å². The molecule has 108 valence electrons. The Hall–Kier alpha value is -1.61. The van der Waals surface area contributed by atoms with E-state index in [9.17, 15) is 0 Å². The largest absolute Gasteiger partial charge is 0.313 e. The molecule has 0 bridgehead atoms. The number of aryl methyl sites for hydroxylation is 1. The van der Waals surface area contributed by atoms with Crippen molar-refractivity contribution in [3.05, 3.63) is 41.7 Å². The Morgan fingerprint density at radius 2 is 2.10 bits per heavy atom. The van der Waals surface area contributed by atoms with E-state index in [0.29, 0.717) is 6.04 Å². The van der Waals surface area contributed by atoms with Crippen LogP contribution in [-0.4, -0.2) is 16.8 Å². The molecular weight excluding hydrogens is 246 g/mol. The SMILES string of the molecule is CCCn1ncc(-c2cccc(C(CC)NC)c2)c1C. The highest BCUT2D eigenvalue weighted by atomic mass is 15.3. The van der Waals surface area contributed by atoms with E-state index in [1.54, 1.807) is 0 Å². The van der Waals surface area contributed by atoms with E-state index >= 15 is 0 Å². The summed E-state index contributed by atoms with van der Waals surface area (Å²) in [4.78, 5) is 0. The molecule has 0 amide bonds. The van der Waals surface area contributed by atoms with E-state index in [-0.39, 0.29) is 0 Å². The van der Waals surface area contributed by atoms with Gasteiger partial charge in [0.05, 0.1) is 6.20 Å². The Labute approximate surface area is 122 Å². The van der Waals surface area contributed by atoms with Gasteiger partial charge in [0.15, 0.2) is 0 Å². The number of hydrogen-bond donors (Lipinski definition) is 1. The van der Waals surface area contributed by atoms with Gasteiger partial charge in [-0.05, 0) is 44.0 Å². The van der Waals surface area contributed by atoms with Crippen LogP contribution < -0.4 is 5.32 Å². The van der Waals surface area contributed by atoms with Crippen LogP contribution in [0.4, 0.5) is 0 Å². The van der Waals surface area contributed by atoms with Crippen molar-refractivity contribution in [3.8, 4) is 11.1 Å². The van der Waals surface area contributed by atoms with Crippen molar-refractivity contribution in [3.63, 3.8) is 0 Å². The number of rotatable bonds is 6. The third-order valence-corrected chi connectivity index (χ3v) is 3.90. The van der Waals surface area contributed by atoms with Crippen LogP contribution in [0.5, 0.6) is 0 Å². The quantitative estimate of drug-likeness (QED) is 0.862. The van der Waals surface area contributed by atoms with Gasteiger partial charge in [0, 0.05) is 23.8 Å². The Bertz CT molecular complexity index is 553. The van der Waals surface area contributed by atoms with Gasteiger partial charge < -0.3 is 5.32 Å². The van der Waals surface area contributed by atoms with Crippen LogP contribution in [0, 0.1) is 6.92 Å². The predicted octanol–water partition coefficient (Wildman–Crippen LogP) is 3.94. The van der Waals surface area contributed by atoms with Crippen molar-refractivity contribution >= 4 is 0 Å². The molecule has 3 nitrogen and oxygen atoms in total. The van der Waals surface area contributed by atoms with Crippen molar-refractivity contribution in [2.45, 2.75) is 46.2 Å². The minimum Gasteiger partial charge on any atom is -0.313 e. The highest BCUT2D eigenvalue weighted by Gasteiger charge is 2.11. The normalized spacial score (nSPS) is 12.6. The van der Waals surface area contributed by atoms with Crippen LogP contribution in [-0.2, 0) is 6.54 Å². The summed E-state index contributed by atoms with van der Waals surface area (Å²) in [5.41, 5.74) is 5.10. The molecule has 3 heteroatoms. The molecule has 0 saturated heterocycles. The lowest BCUT2D eigenvalue weighted by molar-refractivity contribution is 0.577. The summed E-state index contributed by atoms with van der Waals surface area (Å²) >= 11 is 0. The highest BCUT2D eigenvalue weighted by molar-refractivity contribution is 5.66. The van der Waals surface area contributed by atoms with Gasteiger partial charge in [0.25, 0.3) is 0 Å². The predicted molar refractivity (Wildman–Crippen MR) is 84.8 cm³/mol. The molecule has 1 aromatic heterocycles. The number of nitrogens with zero attached hydrogens (tertiary/aromatic N) is 2. The number of benzene rings is 1. The lowest BCUT2D eigenvalue weighted by atomic mass is 9.99. The topological polar surface area (TPSA) is 29.9 Å². The van der Waals surface area contributed by atoms with Gasteiger partial charge in [0.1, 0.15) is 0 Å². The zero-order chi connectivity index (χ0) is 14.5. The second-order valence-electron chi connectivity index (χ2n) is 5.24. The van der Waals surface area contributed by atoms with Crippen molar-refractivity contribution in [2.24, 2.45) is 0 Å². The van der Waals surface area contributed by atoms with E-state index < -0.39 is 0 Å². The fraction of sp³-hybridized carbons (Fsp3) is 0.471. The van der Waals surface area contributed by atoms with Crippen LogP contribution in [0.3, 0.4) is 0 Å². The van der Waals surface area contributed by atoms with E-state index in [1.807, 2.05) is 13.2 Å². The van der Waals surface area contributed by atoms with Gasteiger partial charge in [0.2, 0.25) is 0 Å². The maximum atomic E-state index is 4.50. The van der Waals surface area contributed by atoms with E-state index in [2.05, 4.69) is 60.1 Å². The first-order valence-electron chi connectivity index (χ1n) is 7.51. The Balaban J connectivity index is 2.36. The minimum absolute atomic E-state index is 0.418. The molecule has 0 spiro atoms. The maximum Gasteiger partial charge on any atom is 0.0571 e. The molecule has 1 aromatic carbocycles. The lowest BCUT2D eigenvalue weighted by Crippen LogP contribution is -2.15. The molecule has 0 aliphatic rings. The number of nitrogens with one attached hydrogen (secondary N) is 1. The smallest absolute Gasteiger partial charge is 0.0571 e. The third-order valence-electron chi connectivity index (χ3n) is 3.90. The summed E-state index contributed by atoms with van der Waals surface area (Å²) in [7, 11) is 2.02. The zero-order valence-electron chi connectivity index (χ0n) is 13.0. The molecule has 2 aromatic rings. The van der Waals surface area contributed by atoms with Crippen molar-refractivity contribution in [1.82, 2.24) is 15.1 Å². The van der Waals surface area contributed by atoms with Crippen LogP contribution in [0.15, 0.2) is 30.5 Å². The fourth-order valence-corrected chi connectivity index (χ4v) is 2.70. The molecule has 20 heavy (non-hydrogen) atoms. The van der Waals surface area contributed by atoms with Crippen LogP contribution in [0.1, 0.15) is 44.0 Å². The number of hydrogen-bond acceptors (Lipinski definition) is 2. The minimum atomic E-state index is 0.418. The molecule has 1 atom stereocenters. The molecule has 1 heterocycles. The van der Waals surface area contributed by atoms with Gasteiger partial charge in [-0.25, -0.2) is 0 Å². The van der Waals surface area contributed by atoms with Crippen LogP contribution in [0.2, 0.25) is 0 Å². The van der Waals surface area contributed by atoms with Crippen LogP contribution in [0.25, 0.3) is 11.1 Å². The second-order valence-corrected chi connectivity index (χ2v) is 5.24. The summed E-state index contributed by atoms with van der Waals surface area (Å²) in [6.07, 6.45) is 4.19. The van der Waals surface area contributed by atoms with E-state index in [0.717, 1.165) is 19.4 Å². The van der Waals surface area contributed by atoms with Gasteiger partial charge in [-0.1, -0.05) is 32.0 Å². The summed E-state index contributed by atoms with van der Waals surface area (Å²) in [6, 6.07) is 9.21. The third kappa shape index (κ3) is 2.93. The molecule has 0 aliphatic heterocycles. The molecular formula is C17H25N3. The standard InChI is InChI=1S/C17H25N3/c1-5-10-20-13(3)16(12-19-20)14-8-7-9-15(11-14)17(6-2)18-4/h7-9,11-12,17-18H,5-6,10H2,1-4H3. The number of aromatic nitrogens is 2. The summed E-state index contributed by atoms with van der Waals surface area (Å²) in [6.45, 7) is 7.53. The first-order chi connectivity index (χ1) is 9.71. The van der Waals surface area contributed by atoms with E-state index in [4.69, 9.17) is 0 Å². The first kappa shape index (κ1) is 14.8. The summed E-state index contributed by atoms with van der Waals surface area (Å²) < 4.78 is 2.09. The van der Waals surface area contributed by atoms with Gasteiger partial charge in [-0.3, -0.25) is 4.68 Å². The molecule has 2 rings (SSSR count). The monoisotopic (exact) mass is 271 g/mol. The Kier molecular flexibility index (Phi) is 4.96. The van der Waals surface area contributed by atoms with Crippen molar-refractivity contribution < 1.29 is 0 Å². The molecule has 0 radical (unpaired) electrons. The molecule has 0 aliphatic carbocycles. The van der Waals surface area contributed by atoms with Crippen molar-refractivity contribution in [1.29, 1.82) is 0 Å². The highest BCUT2D eigenvalue weighted by Crippen LogP contribution is 2.26. The van der Waals surface area contributed by atoms with Gasteiger partial charge >= 0.3 is 0 Å². The molecule has 1 unspecified atom stereocenters. The van der Waals surface area contributed by atoms with E-state index in [1.165, 1.54) is 22.4 Å². The Morgan fingerprint density at radius 1 is 1.30 bits per heavy atom. The Morgan fingerprint density at radius 3 is 2.75 bits per heavy atom. The maximum absolute atomic E-state index is 4.50.